The Hall–Kier alpha value is -3.63. The topological polar surface area (TPSA) is 42.9 Å². The number of aryl methyl sites for hydroxylation is 1. The van der Waals surface area contributed by atoms with E-state index in [0.717, 1.165) is 43.0 Å². The number of pyridine rings is 2. The number of rotatable bonds is 4. The quantitative estimate of drug-likeness (QED) is 0.199. The van der Waals surface area contributed by atoms with E-state index < -0.39 is 0 Å². The normalized spacial score (nSPS) is 11.4. The molecule has 0 unspecified atom stereocenters. The van der Waals surface area contributed by atoms with E-state index in [1.165, 1.54) is 0 Å². The van der Waals surface area contributed by atoms with Crippen LogP contribution in [0.3, 0.4) is 0 Å². The van der Waals surface area contributed by atoms with Crippen LogP contribution in [-0.2, 0) is 0 Å². The summed E-state index contributed by atoms with van der Waals surface area (Å²) in [5.41, 5.74) is 5.94. The summed E-state index contributed by atoms with van der Waals surface area (Å²) >= 11 is 3.57. The first kappa shape index (κ1) is 20.3. The van der Waals surface area contributed by atoms with Crippen molar-refractivity contribution in [3.8, 4) is 11.1 Å². The van der Waals surface area contributed by atoms with E-state index in [1.807, 2.05) is 91.9 Å². The summed E-state index contributed by atoms with van der Waals surface area (Å²) < 4.78 is 0.949. The van der Waals surface area contributed by atoms with Gasteiger partial charge in [-0.2, -0.15) is 0 Å². The molecular formula is C28H19BrN2O. The summed E-state index contributed by atoms with van der Waals surface area (Å²) in [5, 5.41) is 2.02. The Bertz CT molecular complexity index is 1510. The van der Waals surface area contributed by atoms with E-state index in [4.69, 9.17) is 4.98 Å². The van der Waals surface area contributed by atoms with Gasteiger partial charge in [0.05, 0.1) is 16.6 Å². The molecule has 0 atom stereocenters. The zero-order valence-corrected chi connectivity index (χ0v) is 19.0. The molecule has 0 N–H and O–H groups in total. The molecule has 4 heteroatoms. The van der Waals surface area contributed by atoms with E-state index in [0.29, 0.717) is 11.3 Å². The van der Waals surface area contributed by atoms with E-state index >= 15 is 0 Å². The highest BCUT2D eigenvalue weighted by Gasteiger charge is 2.19. The second-order valence-electron chi connectivity index (χ2n) is 7.63. The zero-order chi connectivity index (χ0) is 22.1. The van der Waals surface area contributed by atoms with Gasteiger partial charge in [-0.25, -0.2) is 0 Å². The monoisotopic (exact) mass is 478 g/mol. The molecule has 0 saturated heterocycles. The van der Waals surface area contributed by atoms with Crippen LogP contribution in [0.1, 0.15) is 21.6 Å². The Labute approximate surface area is 194 Å². The minimum absolute atomic E-state index is 0.0724. The van der Waals surface area contributed by atoms with Crippen molar-refractivity contribution in [3.63, 3.8) is 0 Å². The predicted molar refractivity (Wildman–Crippen MR) is 135 cm³/mol. The van der Waals surface area contributed by atoms with Crippen molar-refractivity contribution in [2.24, 2.45) is 0 Å². The lowest BCUT2D eigenvalue weighted by molar-refractivity contribution is 0.104. The average Bonchev–Trinajstić information content (AvgIpc) is 2.82. The maximum absolute atomic E-state index is 13.5. The molecule has 0 aliphatic rings. The summed E-state index contributed by atoms with van der Waals surface area (Å²) in [7, 11) is 0. The highest BCUT2D eigenvalue weighted by molar-refractivity contribution is 9.10. The van der Waals surface area contributed by atoms with Crippen LogP contribution in [0.25, 0.3) is 39.0 Å². The Morgan fingerprint density at radius 1 is 0.906 bits per heavy atom. The van der Waals surface area contributed by atoms with E-state index in [9.17, 15) is 4.79 Å². The number of carbonyl (C=O) groups excluding carboxylic acids is 1. The zero-order valence-electron chi connectivity index (χ0n) is 17.4. The van der Waals surface area contributed by atoms with Crippen LogP contribution >= 0.6 is 15.9 Å². The van der Waals surface area contributed by atoms with Crippen molar-refractivity contribution in [2.45, 2.75) is 6.92 Å². The Balaban J connectivity index is 1.64. The molecule has 0 radical (unpaired) electrons. The minimum atomic E-state index is -0.0724. The lowest BCUT2D eigenvalue weighted by Crippen LogP contribution is -2.05. The number of allylic oxidation sites excluding steroid dienone is 1. The largest absolute Gasteiger partial charge is 0.289 e. The van der Waals surface area contributed by atoms with Crippen LogP contribution in [0.5, 0.6) is 0 Å². The van der Waals surface area contributed by atoms with Gasteiger partial charge >= 0.3 is 0 Å². The fourth-order valence-electron chi connectivity index (χ4n) is 4.01. The van der Waals surface area contributed by atoms with Gasteiger partial charge in [0.15, 0.2) is 5.78 Å². The third-order valence-electron chi connectivity index (χ3n) is 5.49. The molecule has 5 aromatic rings. The van der Waals surface area contributed by atoms with Gasteiger partial charge in [-0.15, -0.1) is 0 Å². The van der Waals surface area contributed by atoms with Gasteiger partial charge in [0.25, 0.3) is 0 Å². The van der Waals surface area contributed by atoms with Crippen LogP contribution in [0, 0.1) is 6.92 Å². The Morgan fingerprint density at radius 2 is 1.75 bits per heavy atom. The smallest absolute Gasteiger partial charge is 0.188 e. The fourth-order valence-corrected chi connectivity index (χ4v) is 4.37. The molecule has 0 bridgehead atoms. The van der Waals surface area contributed by atoms with Gasteiger partial charge in [0.2, 0.25) is 0 Å². The lowest BCUT2D eigenvalue weighted by Gasteiger charge is -2.14. The standard InChI is InChI=1S/C28H19BrN2O/c1-18-27(26(32)14-10-19-9-11-20-8-5-15-30-25(20)16-19)28(21-6-3-2-4-7-21)23-17-22(29)12-13-24(23)31-18/h2-17H,1H3. The minimum Gasteiger partial charge on any atom is -0.289 e. The maximum Gasteiger partial charge on any atom is 0.188 e. The molecule has 2 aromatic heterocycles. The maximum atomic E-state index is 13.5. The Kier molecular flexibility index (Phi) is 5.38. The van der Waals surface area contributed by atoms with Crippen LogP contribution in [0.2, 0.25) is 0 Å². The SMILES string of the molecule is Cc1nc2ccc(Br)cc2c(-c2ccccc2)c1C(=O)C=Cc1ccc2cccnc2c1. The molecule has 0 saturated carbocycles. The highest BCUT2D eigenvalue weighted by atomic mass is 79.9. The first-order valence-corrected chi connectivity index (χ1v) is 11.1. The molecule has 2 heterocycles. The summed E-state index contributed by atoms with van der Waals surface area (Å²) in [4.78, 5) is 22.6. The van der Waals surface area contributed by atoms with Gasteiger partial charge in [0.1, 0.15) is 0 Å². The molecule has 3 aromatic carbocycles. The third-order valence-corrected chi connectivity index (χ3v) is 5.99. The number of benzene rings is 3. The Morgan fingerprint density at radius 3 is 2.59 bits per heavy atom. The van der Waals surface area contributed by atoms with Crippen molar-refractivity contribution in [2.75, 3.05) is 0 Å². The van der Waals surface area contributed by atoms with Crippen LogP contribution in [-0.4, -0.2) is 15.8 Å². The molecule has 3 nitrogen and oxygen atoms in total. The highest BCUT2D eigenvalue weighted by Crippen LogP contribution is 2.35. The lowest BCUT2D eigenvalue weighted by atomic mass is 9.92. The number of halogens is 1. The molecule has 0 spiro atoms. The van der Waals surface area contributed by atoms with E-state index in [2.05, 4.69) is 20.9 Å². The summed E-state index contributed by atoms with van der Waals surface area (Å²) in [6.45, 7) is 1.90. The van der Waals surface area contributed by atoms with Crippen molar-refractivity contribution >= 4 is 49.6 Å². The van der Waals surface area contributed by atoms with Crippen molar-refractivity contribution < 1.29 is 4.79 Å². The van der Waals surface area contributed by atoms with Gasteiger partial charge in [-0.05, 0) is 54.5 Å². The summed E-state index contributed by atoms with van der Waals surface area (Å²) in [5.74, 6) is -0.0724. The van der Waals surface area contributed by atoms with Crippen LogP contribution in [0.4, 0.5) is 0 Å². The summed E-state index contributed by atoms with van der Waals surface area (Å²) in [6.07, 6.45) is 5.25. The number of aromatic nitrogens is 2. The van der Waals surface area contributed by atoms with Crippen molar-refractivity contribution in [1.29, 1.82) is 0 Å². The van der Waals surface area contributed by atoms with Crippen LogP contribution < -0.4 is 0 Å². The predicted octanol–water partition coefficient (Wildman–Crippen LogP) is 7.42. The third kappa shape index (κ3) is 3.85. The molecule has 0 amide bonds. The molecule has 0 aliphatic carbocycles. The van der Waals surface area contributed by atoms with Gasteiger partial charge in [-0.1, -0.05) is 70.5 Å². The number of hydrogen-bond acceptors (Lipinski definition) is 3. The van der Waals surface area contributed by atoms with Gasteiger partial charge in [-0.3, -0.25) is 14.8 Å². The molecule has 0 aliphatic heterocycles. The second kappa shape index (κ2) is 8.48. The fraction of sp³-hybridized carbons (Fsp3) is 0.0357. The first-order chi connectivity index (χ1) is 15.6. The van der Waals surface area contributed by atoms with Crippen molar-refractivity contribution in [1.82, 2.24) is 9.97 Å². The average molecular weight is 479 g/mol. The second-order valence-corrected chi connectivity index (χ2v) is 8.54. The molecule has 154 valence electrons. The molecule has 5 rings (SSSR count). The van der Waals surface area contributed by atoms with Crippen molar-refractivity contribution in [3.05, 3.63) is 112 Å². The number of carbonyl (C=O) groups is 1. The number of hydrogen-bond donors (Lipinski definition) is 0. The number of fused-ring (bicyclic) bond motifs is 2. The van der Waals surface area contributed by atoms with Gasteiger partial charge < -0.3 is 0 Å². The first-order valence-electron chi connectivity index (χ1n) is 10.3. The number of nitrogens with zero attached hydrogens (tertiary/aromatic N) is 2. The van der Waals surface area contributed by atoms with E-state index in [-0.39, 0.29) is 5.78 Å². The van der Waals surface area contributed by atoms with Gasteiger partial charge in [0, 0.05) is 32.7 Å². The summed E-state index contributed by atoms with van der Waals surface area (Å²) in [6, 6.07) is 25.9. The molecular weight excluding hydrogens is 460 g/mol. The molecule has 0 fully saturated rings. The van der Waals surface area contributed by atoms with E-state index in [1.54, 1.807) is 12.3 Å². The number of ketones is 1. The van der Waals surface area contributed by atoms with Crippen LogP contribution in [0.15, 0.2) is 95.6 Å². The molecule has 32 heavy (non-hydrogen) atoms.